The van der Waals surface area contributed by atoms with E-state index in [1.54, 1.807) is 0 Å². The van der Waals surface area contributed by atoms with E-state index in [0.29, 0.717) is 5.92 Å². The molecule has 0 spiro atoms. The van der Waals surface area contributed by atoms with Crippen molar-refractivity contribution in [2.24, 2.45) is 0 Å². The van der Waals surface area contributed by atoms with Crippen LogP contribution in [0.5, 0.6) is 0 Å². The van der Waals surface area contributed by atoms with Crippen molar-refractivity contribution in [3.8, 4) is 0 Å². The van der Waals surface area contributed by atoms with Crippen LogP contribution in [-0.2, 0) is 6.54 Å². The Morgan fingerprint density at radius 3 is 2.00 bits per heavy atom. The minimum absolute atomic E-state index is 0.0168. The van der Waals surface area contributed by atoms with Crippen LogP contribution in [-0.4, -0.2) is 41.4 Å². The summed E-state index contributed by atoms with van der Waals surface area (Å²) in [5.41, 5.74) is 2.53. The van der Waals surface area contributed by atoms with Crippen molar-refractivity contribution in [2.45, 2.75) is 32.4 Å². The molecule has 0 radical (unpaired) electrons. The van der Waals surface area contributed by atoms with Gasteiger partial charge in [0.2, 0.25) is 0 Å². The molecule has 1 aromatic rings. The van der Waals surface area contributed by atoms with E-state index in [-0.39, 0.29) is 19.3 Å². The summed E-state index contributed by atoms with van der Waals surface area (Å²) >= 11 is 0. The molecule has 1 rings (SSSR count). The zero-order valence-electron chi connectivity index (χ0n) is 10.9. The first-order valence-corrected chi connectivity index (χ1v) is 6.09. The number of hydrogen-bond acceptors (Lipinski definition) is 3. The minimum atomic E-state index is -0.181. The first-order valence-electron chi connectivity index (χ1n) is 6.09. The van der Waals surface area contributed by atoms with E-state index in [2.05, 4.69) is 38.1 Å². The predicted molar refractivity (Wildman–Crippen MR) is 70.0 cm³/mol. The lowest BCUT2D eigenvalue weighted by molar-refractivity contribution is 0.0874. The van der Waals surface area contributed by atoms with Crippen molar-refractivity contribution in [3.63, 3.8) is 0 Å². The summed E-state index contributed by atoms with van der Waals surface area (Å²) in [5.74, 6) is 0.546. The quantitative estimate of drug-likeness (QED) is 0.790. The Morgan fingerprint density at radius 1 is 1.06 bits per heavy atom. The van der Waals surface area contributed by atoms with Crippen LogP contribution in [0.2, 0.25) is 0 Å². The highest BCUT2D eigenvalue weighted by Crippen LogP contribution is 2.15. The third kappa shape index (κ3) is 4.11. The fourth-order valence-corrected chi connectivity index (χ4v) is 1.76. The second kappa shape index (κ2) is 6.74. The second-order valence-electron chi connectivity index (χ2n) is 4.83. The number of aliphatic hydroxyl groups excluding tert-OH is 2. The Bertz CT molecular complexity index is 317. The Labute approximate surface area is 104 Å². The van der Waals surface area contributed by atoms with Gasteiger partial charge in [-0.2, -0.15) is 0 Å². The molecule has 0 aliphatic heterocycles. The maximum atomic E-state index is 9.09. The molecular weight excluding hydrogens is 214 g/mol. The molecule has 0 bridgehead atoms. The van der Waals surface area contributed by atoms with E-state index < -0.39 is 0 Å². The topological polar surface area (TPSA) is 43.7 Å². The molecular formula is C14H23NO2. The highest BCUT2D eigenvalue weighted by Gasteiger charge is 2.12. The van der Waals surface area contributed by atoms with Crippen LogP contribution < -0.4 is 0 Å². The lowest BCUT2D eigenvalue weighted by atomic mass is 10.0. The third-order valence-corrected chi connectivity index (χ3v) is 3.12. The van der Waals surface area contributed by atoms with Gasteiger partial charge in [0.1, 0.15) is 0 Å². The molecule has 0 aromatic heterocycles. The number of benzene rings is 1. The van der Waals surface area contributed by atoms with E-state index in [1.807, 2.05) is 11.9 Å². The zero-order chi connectivity index (χ0) is 12.8. The fourth-order valence-electron chi connectivity index (χ4n) is 1.76. The van der Waals surface area contributed by atoms with Gasteiger partial charge >= 0.3 is 0 Å². The van der Waals surface area contributed by atoms with Crippen LogP contribution >= 0.6 is 0 Å². The molecule has 0 heterocycles. The smallest absolute Gasteiger partial charge is 0.0609 e. The molecule has 17 heavy (non-hydrogen) atoms. The Kier molecular flexibility index (Phi) is 5.62. The van der Waals surface area contributed by atoms with Crippen LogP contribution in [0.1, 0.15) is 30.9 Å². The van der Waals surface area contributed by atoms with Crippen molar-refractivity contribution in [1.82, 2.24) is 4.90 Å². The van der Waals surface area contributed by atoms with Crippen LogP contribution in [0.3, 0.4) is 0 Å². The van der Waals surface area contributed by atoms with Gasteiger partial charge in [-0.1, -0.05) is 38.1 Å². The third-order valence-electron chi connectivity index (χ3n) is 3.12. The lowest BCUT2D eigenvalue weighted by Gasteiger charge is -2.24. The molecule has 0 amide bonds. The minimum Gasteiger partial charge on any atom is -0.395 e. The molecule has 0 saturated heterocycles. The zero-order valence-corrected chi connectivity index (χ0v) is 10.9. The molecule has 0 atom stereocenters. The molecule has 0 aliphatic rings. The summed E-state index contributed by atoms with van der Waals surface area (Å²) < 4.78 is 0. The molecule has 3 heteroatoms. The Hall–Kier alpha value is -0.900. The largest absolute Gasteiger partial charge is 0.395 e. The van der Waals surface area contributed by atoms with Crippen molar-refractivity contribution in [1.29, 1.82) is 0 Å². The van der Waals surface area contributed by atoms with Gasteiger partial charge in [0.15, 0.2) is 0 Å². The molecule has 0 fully saturated rings. The molecule has 2 N–H and O–H groups in total. The fraction of sp³-hybridized carbons (Fsp3) is 0.571. The summed E-state index contributed by atoms with van der Waals surface area (Å²) in [6.07, 6.45) is 0. The van der Waals surface area contributed by atoms with Crippen LogP contribution in [0.4, 0.5) is 0 Å². The Morgan fingerprint density at radius 2 is 1.59 bits per heavy atom. The monoisotopic (exact) mass is 237 g/mol. The molecule has 0 unspecified atom stereocenters. The molecule has 0 saturated carbocycles. The van der Waals surface area contributed by atoms with Gasteiger partial charge in [-0.25, -0.2) is 0 Å². The molecule has 96 valence electrons. The highest BCUT2D eigenvalue weighted by molar-refractivity contribution is 5.24. The van der Waals surface area contributed by atoms with Crippen LogP contribution in [0.15, 0.2) is 24.3 Å². The van der Waals surface area contributed by atoms with Crippen LogP contribution in [0, 0.1) is 0 Å². The van der Waals surface area contributed by atoms with E-state index in [4.69, 9.17) is 10.2 Å². The summed E-state index contributed by atoms with van der Waals surface area (Å²) in [6.45, 7) is 5.06. The first kappa shape index (κ1) is 14.2. The summed E-state index contributed by atoms with van der Waals surface area (Å²) in [5, 5.41) is 18.2. The number of nitrogens with zero attached hydrogens (tertiary/aromatic N) is 1. The average Bonchev–Trinajstić information content (AvgIpc) is 2.31. The number of aliphatic hydroxyl groups is 2. The normalized spacial score (nSPS) is 11.8. The molecule has 3 nitrogen and oxygen atoms in total. The van der Waals surface area contributed by atoms with Crippen molar-refractivity contribution in [3.05, 3.63) is 35.4 Å². The van der Waals surface area contributed by atoms with Gasteiger partial charge in [0.05, 0.1) is 19.3 Å². The standard InChI is InChI=1S/C14H23NO2/c1-11(2)13-6-4-12(5-7-13)8-15(3)14(9-16)10-17/h4-7,11,14,16-17H,8-10H2,1-3H3. The van der Waals surface area contributed by atoms with Crippen molar-refractivity contribution >= 4 is 0 Å². The van der Waals surface area contributed by atoms with E-state index in [9.17, 15) is 0 Å². The van der Waals surface area contributed by atoms with Gasteiger partial charge < -0.3 is 10.2 Å². The van der Waals surface area contributed by atoms with Gasteiger partial charge in [-0.15, -0.1) is 0 Å². The van der Waals surface area contributed by atoms with Gasteiger partial charge in [-0.05, 0) is 24.1 Å². The first-order chi connectivity index (χ1) is 8.08. The maximum absolute atomic E-state index is 9.09. The Balaban J connectivity index is 2.62. The number of rotatable bonds is 6. The van der Waals surface area contributed by atoms with Crippen LogP contribution in [0.25, 0.3) is 0 Å². The van der Waals surface area contributed by atoms with Gasteiger partial charge in [0, 0.05) is 6.54 Å². The number of hydrogen-bond donors (Lipinski definition) is 2. The van der Waals surface area contributed by atoms with Crippen molar-refractivity contribution < 1.29 is 10.2 Å². The summed E-state index contributed by atoms with van der Waals surface area (Å²) in [4.78, 5) is 1.96. The molecule has 0 aliphatic carbocycles. The second-order valence-corrected chi connectivity index (χ2v) is 4.83. The average molecular weight is 237 g/mol. The maximum Gasteiger partial charge on any atom is 0.0609 e. The summed E-state index contributed by atoms with van der Waals surface area (Å²) in [7, 11) is 1.91. The van der Waals surface area contributed by atoms with E-state index in [0.717, 1.165) is 6.54 Å². The molecule has 1 aromatic carbocycles. The van der Waals surface area contributed by atoms with Crippen molar-refractivity contribution in [2.75, 3.05) is 20.3 Å². The predicted octanol–water partition coefficient (Wildman–Crippen LogP) is 1.59. The van der Waals surface area contributed by atoms with Gasteiger partial charge in [-0.3, -0.25) is 4.90 Å². The number of likely N-dealkylation sites (N-methyl/N-ethyl adjacent to an activating group) is 1. The SMILES string of the molecule is CC(C)c1ccc(CN(C)C(CO)CO)cc1. The highest BCUT2D eigenvalue weighted by atomic mass is 16.3. The van der Waals surface area contributed by atoms with E-state index >= 15 is 0 Å². The van der Waals surface area contributed by atoms with E-state index in [1.165, 1.54) is 11.1 Å². The van der Waals surface area contributed by atoms with Gasteiger partial charge in [0.25, 0.3) is 0 Å². The lowest BCUT2D eigenvalue weighted by Crippen LogP contribution is -2.37. The summed E-state index contributed by atoms with van der Waals surface area (Å²) in [6, 6.07) is 8.32.